The Labute approximate surface area is 113 Å². The second kappa shape index (κ2) is 6.72. The summed E-state index contributed by atoms with van der Waals surface area (Å²) in [6.45, 7) is 8.18. The van der Waals surface area contributed by atoms with Crippen LogP contribution in [-0.4, -0.2) is 42.1 Å². The van der Waals surface area contributed by atoms with Gasteiger partial charge in [0.25, 0.3) is 0 Å². The number of nitrogens with one attached hydrogen (secondary N) is 1. The highest BCUT2D eigenvalue weighted by Crippen LogP contribution is 2.22. The molecule has 0 saturated heterocycles. The molecule has 0 aliphatic heterocycles. The van der Waals surface area contributed by atoms with Gasteiger partial charge >= 0.3 is 12.1 Å². The molecule has 0 aromatic heterocycles. The smallest absolute Gasteiger partial charge is 0.431 e. The van der Waals surface area contributed by atoms with Crippen LogP contribution in [0.5, 0.6) is 0 Å². The van der Waals surface area contributed by atoms with Crippen molar-refractivity contribution in [3.8, 4) is 0 Å². The van der Waals surface area contributed by atoms with E-state index in [1.807, 2.05) is 5.48 Å². The van der Waals surface area contributed by atoms with E-state index in [-0.39, 0.29) is 6.61 Å². The number of carbonyl (C=O) groups is 2. The van der Waals surface area contributed by atoms with Crippen LogP contribution in [0.15, 0.2) is 0 Å². The number of carboxylic acid groups (broad SMARTS) is 1. The van der Waals surface area contributed by atoms with E-state index in [0.717, 1.165) is 0 Å². The molecule has 0 rings (SSSR count). The molecule has 0 saturated carbocycles. The van der Waals surface area contributed by atoms with Gasteiger partial charge in [0, 0.05) is 7.11 Å². The van der Waals surface area contributed by atoms with Crippen molar-refractivity contribution in [1.82, 2.24) is 5.48 Å². The molecule has 0 heterocycles. The number of carboxylic acids is 1. The molecule has 7 heteroatoms. The Bertz CT molecular complexity index is 323. The van der Waals surface area contributed by atoms with Crippen molar-refractivity contribution >= 4 is 12.1 Å². The highest BCUT2D eigenvalue weighted by molar-refractivity contribution is 5.78. The lowest BCUT2D eigenvalue weighted by Crippen LogP contribution is -2.54. The molecule has 0 fully saturated rings. The molecule has 1 amide bonds. The Morgan fingerprint density at radius 1 is 1.26 bits per heavy atom. The summed E-state index contributed by atoms with van der Waals surface area (Å²) >= 11 is 0. The van der Waals surface area contributed by atoms with Crippen molar-refractivity contribution in [2.75, 3.05) is 13.7 Å². The van der Waals surface area contributed by atoms with E-state index in [2.05, 4.69) is 0 Å². The quantitative estimate of drug-likeness (QED) is 0.716. The van der Waals surface area contributed by atoms with Crippen LogP contribution in [0.1, 0.15) is 34.6 Å². The summed E-state index contributed by atoms with van der Waals surface area (Å²) in [5, 5.41) is 9.27. The lowest BCUT2D eigenvalue weighted by atomic mass is 9.91. The van der Waals surface area contributed by atoms with Gasteiger partial charge in [-0.15, -0.1) is 0 Å². The number of aliphatic carboxylic acids is 1. The van der Waals surface area contributed by atoms with E-state index in [9.17, 15) is 14.7 Å². The van der Waals surface area contributed by atoms with Crippen LogP contribution in [0.4, 0.5) is 4.79 Å². The second-order valence-electron chi connectivity index (χ2n) is 5.49. The van der Waals surface area contributed by atoms with E-state index in [4.69, 9.17) is 14.3 Å². The summed E-state index contributed by atoms with van der Waals surface area (Å²) < 4.78 is 9.83. The molecule has 2 N–H and O–H groups in total. The third-order valence-electron chi connectivity index (χ3n) is 2.37. The van der Waals surface area contributed by atoms with E-state index in [1.54, 1.807) is 34.6 Å². The van der Waals surface area contributed by atoms with Crippen molar-refractivity contribution < 1.29 is 29.0 Å². The fourth-order valence-electron chi connectivity index (χ4n) is 1.31. The van der Waals surface area contributed by atoms with E-state index in [1.165, 1.54) is 7.11 Å². The zero-order valence-corrected chi connectivity index (χ0v) is 12.3. The average molecular weight is 277 g/mol. The predicted octanol–water partition coefficient (Wildman–Crippen LogP) is 1.57. The van der Waals surface area contributed by atoms with Crippen molar-refractivity contribution in [2.24, 2.45) is 5.92 Å². The molecule has 0 aromatic rings. The van der Waals surface area contributed by atoms with Gasteiger partial charge in [0.05, 0.1) is 6.61 Å². The molecular weight excluding hydrogens is 254 g/mol. The highest BCUT2D eigenvalue weighted by Gasteiger charge is 2.45. The van der Waals surface area contributed by atoms with Crippen molar-refractivity contribution in [2.45, 2.75) is 45.8 Å². The van der Waals surface area contributed by atoms with Gasteiger partial charge < -0.3 is 14.6 Å². The monoisotopic (exact) mass is 277 g/mol. The summed E-state index contributed by atoms with van der Waals surface area (Å²) in [5.41, 5.74) is -0.351. The van der Waals surface area contributed by atoms with Crippen LogP contribution < -0.4 is 5.48 Å². The minimum Gasteiger partial charge on any atom is -0.479 e. The molecule has 0 spiro atoms. The van der Waals surface area contributed by atoms with Gasteiger partial charge in [0.15, 0.2) is 0 Å². The minimum atomic E-state index is -1.66. The molecule has 0 radical (unpaired) electrons. The molecule has 0 aromatic carbocycles. The van der Waals surface area contributed by atoms with Crippen molar-refractivity contribution in [3.63, 3.8) is 0 Å². The summed E-state index contributed by atoms with van der Waals surface area (Å²) in [4.78, 5) is 27.9. The SMILES string of the molecule is COCC(ONC(=O)OC(C)(C)C)(C(=O)O)C(C)C. The number of carbonyl (C=O) groups excluding carboxylic acids is 1. The number of hydrogen-bond donors (Lipinski definition) is 2. The molecule has 1 atom stereocenters. The van der Waals surface area contributed by atoms with Crippen LogP contribution >= 0.6 is 0 Å². The van der Waals surface area contributed by atoms with Gasteiger partial charge in [0.1, 0.15) is 5.60 Å². The van der Waals surface area contributed by atoms with E-state index in [0.29, 0.717) is 0 Å². The van der Waals surface area contributed by atoms with Crippen LogP contribution in [-0.2, 0) is 19.1 Å². The molecular formula is C12H23NO6. The summed E-state index contributed by atoms with van der Waals surface area (Å²) in [5.74, 6) is -1.64. The maximum Gasteiger partial charge on any atom is 0.431 e. The Balaban J connectivity index is 4.76. The van der Waals surface area contributed by atoms with Gasteiger partial charge in [-0.3, -0.25) is 0 Å². The highest BCUT2D eigenvalue weighted by atomic mass is 16.7. The molecule has 0 bridgehead atoms. The Morgan fingerprint density at radius 3 is 2.11 bits per heavy atom. The first-order valence-corrected chi connectivity index (χ1v) is 5.94. The molecule has 0 aliphatic rings. The summed E-state index contributed by atoms with van der Waals surface area (Å²) in [7, 11) is 1.36. The van der Waals surface area contributed by atoms with Gasteiger partial charge in [-0.1, -0.05) is 13.8 Å². The fourth-order valence-corrected chi connectivity index (χ4v) is 1.31. The predicted molar refractivity (Wildman–Crippen MR) is 67.5 cm³/mol. The van der Waals surface area contributed by atoms with E-state index < -0.39 is 29.2 Å². The first-order chi connectivity index (χ1) is 8.55. The lowest BCUT2D eigenvalue weighted by Gasteiger charge is -2.32. The first kappa shape index (κ1) is 17.7. The Morgan fingerprint density at radius 2 is 1.79 bits per heavy atom. The zero-order chi connectivity index (χ0) is 15.3. The molecule has 0 aliphatic carbocycles. The number of rotatable bonds is 6. The minimum absolute atomic E-state index is 0.199. The van der Waals surface area contributed by atoms with Crippen molar-refractivity contribution in [1.29, 1.82) is 0 Å². The number of hydrogen-bond acceptors (Lipinski definition) is 5. The van der Waals surface area contributed by atoms with E-state index >= 15 is 0 Å². The number of methoxy groups -OCH3 is 1. The molecule has 112 valence electrons. The largest absolute Gasteiger partial charge is 0.479 e. The van der Waals surface area contributed by atoms with Gasteiger partial charge in [-0.25, -0.2) is 14.4 Å². The maximum absolute atomic E-state index is 11.5. The standard InChI is InChI=1S/C12H23NO6/c1-8(2)12(7-17-6,9(14)15)19-13-10(16)18-11(3,4)5/h8H,7H2,1-6H3,(H,13,16)(H,14,15). The number of ether oxygens (including phenoxy) is 2. The third-order valence-corrected chi connectivity index (χ3v) is 2.37. The first-order valence-electron chi connectivity index (χ1n) is 5.94. The van der Waals surface area contributed by atoms with Gasteiger partial charge in [-0.2, -0.15) is 5.48 Å². The number of hydroxylamine groups is 1. The normalized spacial score (nSPS) is 14.9. The fraction of sp³-hybridized carbons (Fsp3) is 0.833. The summed E-state index contributed by atoms with van der Waals surface area (Å²) in [6.07, 6.45) is -0.852. The second-order valence-corrected chi connectivity index (χ2v) is 5.49. The van der Waals surface area contributed by atoms with Crippen LogP contribution in [0, 0.1) is 5.92 Å². The summed E-state index contributed by atoms with van der Waals surface area (Å²) in [6, 6.07) is 0. The topological polar surface area (TPSA) is 94.1 Å². The third kappa shape index (κ3) is 5.44. The molecule has 19 heavy (non-hydrogen) atoms. The van der Waals surface area contributed by atoms with Crippen LogP contribution in [0.3, 0.4) is 0 Å². The van der Waals surface area contributed by atoms with Crippen LogP contribution in [0.2, 0.25) is 0 Å². The molecule has 7 nitrogen and oxygen atoms in total. The lowest BCUT2D eigenvalue weighted by molar-refractivity contribution is -0.195. The van der Waals surface area contributed by atoms with Gasteiger partial charge in [-0.05, 0) is 26.7 Å². The van der Waals surface area contributed by atoms with Crippen LogP contribution in [0.25, 0.3) is 0 Å². The van der Waals surface area contributed by atoms with Gasteiger partial charge in [0.2, 0.25) is 5.60 Å². The maximum atomic E-state index is 11.5. The zero-order valence-electron chi connectivity index (χ0n) is 12.3. The Hall–Kier alpha value is -1.34. The van der Waals surface area contributed by atoms with Crippen molar-refractivity contribution in [3.05, 3.63) is 0 Å². The Kier molecular flexibility index (Phi) is 6.24. The average Bonchev–Trinajstić information content (AvgIpc) is 2.20. The molecule has 1 unspecified atom stereocenters. The number of amides is 1.